The average Bonchev–Trinajstić information content (AvgIpc) is 3.20. The lowest BCUT2D eigenvalue weighted by Gasteiger charge is -2.36. The molecule has 3 heterocycles. The van der Waals surface area contributed by atoms with Gasteiger partial charge < -0.3 is 20.2 Å². The zero-order valence-corrected chi connectivity index (χ0v) is 19.9. The standard InChI is InChI=1S/C25H29N7O2/c1-26-25(34)23-18-12-17(32-9-7-16(8-10-32)30(2)3)5-6-20(18)27-24(28-23)19-11-15-14-31(4)29-21(15)13-22(19)33/h5-6,11-14,16,33H,7-10H2,1-4H3,(H,26,34). The topological polar surface area (TPSA) is 99.4 Å². The van der Waals surface area contributed by atoms with E-state index in [0.29, 0.717) is 39.5 Å². The number of aromatic nitrogens is 4. The van der Waals surface area contributed by atoms with E-state index in [9.17, 15) is 9.90 Å². The number of piperidine rings is 1. The minimum Gasteiger partial charge on any atom is -0.507 e. The molecule has 0 saturated carbocycles. The molecule has 5 rings (SSSR count). The van der Waals surface area contributed by atoms with Gasteiger partial charge in [-0.1, -0.05) is 0 Å². The molecule has 1 amide bonds. The Hall–Kier alpha value is -3.72. The second kappa shape index (κ2) is 8.57. The predicted octanol–water partition coefficient (Wildman–Crippen LogP) is 2.78. The van der Waals surface area contributed by atoms with Crippen molar-refractivity contribution in [2.24, 2.45) is 7.05 Å². The van der Waals surface area contributed by atoms with Gasteiger partial charge >= 0.3 is 0 Å². The highest BCUT2D eigenvalue weighted by Crippen LogP contribution is 2.33. The van der Waals surface area contributed by atoms with Gasteiger partial charge in [0.05, 0.1) is 16.6 Å². The van der Waals surface area contributed by atoms with E-state index < -0.39 is 0 Å². The van der Waals surface area contributed by atoms with Crippen LogP contribution in [0.15, 0.2) is 36.5 Å². The molecule has 1 aliphatic rings. The summed E-state index contributed by atoms with van der Waals surface area (Å²) in [6.07, 6.45) is 4.06. The third kappa shape index (κ3) is 3.92. The highest BCUT2D eigenvalue weighted by molar-refractivity contribution is 6.05. The number of fused-ring (bicyclic) bond motifs is 2. The fourth-order valence-electron chi connectivity index (χ4n) is 4.73. The van der Waals surface area contributed by atoms with Crippen molar-refractivity contribution in [3.8, 4) is 17.1 Å². The first kappa shape index (κ1) is 22.1. The van der Waals surface area contributed by atoms with Crippen molar-refractivity contribution in [2.75, 3.05) is 39.1 Å². The lowest BCUT2D eigenvalue weighted by atomic mass is 10.0. The first-order valence-corrected chi connectivity index (χ1v) is 11.5. The number of phenols is 1. The van der Waals surface area contributed by atoms with Gasteiger partial charge in [-0.05, 0) is 51.2 Å². The average molecular weight is 460 g/mol. The largest absolute Gasteiger partial charge is 0.507 e. The van der Waals surface area contributed by atoms with E-state index >= 15 is 0 Å². The Labute approximate surface area is 198 Å². The molecular formula is C25H29N7O2. The summed E-state index contributed by atoms with van der Waals surface area (Å²) in [6, 6.07) is 9.97. The van der Waals surface area contributed by atoms with Gasteiger partial charge in [-0.25, -0.2) is 9.97 Å². The second-order valence-electron chi connectivity index (χ2n) is 9.09. The maximum absolute atomic E-state index is 12.8. The SMILES string of the molecule is CNC(=O)c1nc(-c2cc3cn(C)nc3cc2O)nc2ccc(N3CCC(N(C)C)CC3)cc12. The third-order valence-corrected chi connectivity index (χ3v) is 6.66. The van der Waals surface area contributed by atoms with Gasteiger partial charge in [0.25, 0.3) is 5.91 Å². The number of carbonyl (C=O) groups is 1. The van der Waals surface area contributed by atoms with Crippen LogP contribution in [0.5, 0.6) is 5.75 Å². The van der Waals surface area contributed by atoms with E-state index in [-0.39, 0.29) is 11.7 Å². The van der Waals surface area contributed by atoms with Crippen LogP contribution in [0.3, 0.4) is 0 Å². The maximum Gasteiger partial charge on any atom is 0.270 e. The Balaban J connectivity index is 1.58. The Kier molecular flexibility index (Phi) is 5.57. The summed E-state index contributed by atoms with van der Waals surface area (Å²) >= 11 is 0. The molecule has 1 aliphatic heterocycles. The molecule has 176 valence electrons. The maximum atomic E-state index is 12.8. The molecule has 1 saturated heterocycles. The van der Waals surface area contributed by atoms with Gasteiger partial charge in [-0.2, -0.15) is 5.10 Å². The number of hydrogen-bond acceptors (Lipinski definition) is 7. The highest BCUT2D eigenvalue weighted by Gasteiger charge is 2.23. The molecule has 2 aromatic carbocycles. The third-order valence-electron chi connectivity index (χ3n) is 6.66. The zero-order chi connectivity index (χ0) is 24.0. The number of amides is 1. The summed E-state index contributed by atoms with van der Waals surface area (Å²) in [5, 5.41) is 19.2. The summed E-state index contributed by atoms with van der Waals surface area (Å²) in [4.78, 5) is 26.8. The highest BCUT2D eigenvalue weighted by atomic mass is 16.3. The number of carbonyl (C=O) groups excluding carboxylic acids is 1. The van der Waals surface area contributed by atoms with Crippen molar-refractivity contribution >= 4 is 33.4 Å². The summed E-state index contributed by atoms with van der Waals surface area (Å²) < 4.78 is 1.69. The number of anilines is 1. The molecule has 0 radical (unpaired) electrons. The summed E-state index contributed by atoms with van der Waals surface area (Å²) in [5.74, 6) is 0.0294. The van der Waals surface area contributed by atoms with E-state index in [4.69, 9.17) is 4.98 Å². The van der Waals surface area contributed by atoms with Crippen LogP contribution in [0.1, 0.15) is 23.3 Å². The number of rotatable bonds is 4. The number of benzene rings is 2. The van der Waals surface area contributed by atoms with Crippen molar-refractivity contribution in [2.45, 2.75) is 18.9 Å². The molecule has 2 aromatic heterocycles. The number of phenolic OH excluding ortho intramolecular Hbond substituents is 1. The van der Waals surface area contributed by atoms with Crippen LogP contribution in [-0.4, -0.2) is 75.9 Å². The number of hydrogen-bond donors (Lipinski definition) is 2. The van der Waals surface area contributed by atoms with Gasteiger partial charge in [-0.15, -0.1) is 0 Å². The van der Waals surface area contributed by atoms with Crippen molar-refractivity contribution < 1.29 is 9.90 Å². The number of nitrogens with zero attached hydrogens (tertiary/aromatic N) is 6. The molecule has 0 aliphatic carbocycles. The number of nitrogens with one attached hydrogen (secondary N) is 1. The van der Waals surface area contributed by atoms with Crippen LogP contribution in [0.4, 0.5) is 5.69 Å². The Morgan fingerprint density at radius 1 is 1.12 bits per heavy atom. The molecular weight excluding hydrogens is 430 g/mol. The van der Waals surface area contributed by atoms with Gasteiger partial charge in [-0.3, -0.25) is 9.48 Å². The smallest absolute Gasteiger partial charge is 0.270 e. The van der Waals surface area contributed by atoms with E-state index in [2.05, 4.69) is 39.3 Å². The second-order valence-corrected chi connectivity index (χ2v) is 9.09. The number of aryl methyl sites for hydroxylation is 1. The van der Waals surface area contributed by atoms with E-state index in [1.807, 2.05) is 31.4 Å². The normalized spacial score (nSPS) is 14.9. The quantitative estimate of drug-likeness (QED) is 0.484. The monoisotopic (exact) mass is 459 g/mol. The lowest BCUT2D eigenvalue weighted by molar-refractivity contribution is 0.0960. The molecule has 0 unspecified atom stereocenters. The first-order valence-electron chi connectivity index (χ1n) is 11.5. The van der Waals surface area contributed by atoms with Crippen LogP contribution in [0.25, 0.3) is 33.2 Å². The van der Waals surface area contributed by atoms with Gasteiger partial charge in [0.2, 0.25) is 0 Å². The molecule has 34 heavy (non-hydrogen) atoms. The Morgan fingerprint density at radius 3 is 2.59 bits per heavy atom. The molecule has 1 fully saturated rings. The van der Waals surface area contributed by atoms with E-state index in [1.54, 1.807) is 23.9 Å². The van der Waals surface area contributed by atoms with Crippen LogP contribution in [0.2, 0.25) is 0 Å². The minimum atomic E-state index is -0.293. The van der Waals surface area contributed by atoms with E-state index in [1.165, 1.54) is 0 Å². The minimum absolute atomic E-state index is 0.0220. The molecule has 9 heteroatoms. The van der Waals surface area contributed by atoms with E-state index in [0.717, 1.165) is 37.0 Å². The molecule has 0 bridgehead atoms. The fourth-order valence-corrected chi connectivity index (χ4v) is 4.73. The van der Waals surface area contributed by atoms with Crippen molar-refractivity contribution in [1.82, 2.24) is 30.0 Å². The molecule has 9 nitrogen and oxygen atoms in total. The van der Waals surface area contributed by atoms with Crippen LogP contribution in [0, 0.1) is 0 Å². The van der Waals surface area contributed by atoms with Gasteiger partial charge in [0.15, 0.2) is 5.82 Å². The van der Waals surface area contributed by atoms with Gasteiger partial charge in [0, 0.05) is 61.9 Å². The molecule has 0 atom stereocenters. The summed E-state index contributed by atoms with van der Waals surface area (Å²) in [7, 11) is 7.67. The van der Waals surface area contributed by atoms with Crippen molar-refractivity contribution in [3.05, 3.63) is 42.2 Å². The lowest BCUT2D eigenvalue weighted by Crippen LogP contribution is -2.41. The zero-order valence-electron chi connectivity index (χ0n) is 19.9. The molecule has 2 N–H and O–H groups in total. The Bertz CT molecular complexity index is 1390. The van der Waals surface area contributed by atoms with Crippen LogP contribution in [-0.2, 0) is 7.05 Å². The van der Waals surface area contributed by atoms with Crippen LogP contribution < -0.4 is 10.2 Å². The predicted molar refractivity (Wildman–Crippen MR) is 133 cm³/mol. The molecule has 0 spiro atoms. The number of aromatic hydroxyl groups is 1. The molecule has 4 aromatic rings. The fraction of sp³-hybridized carbons (Fsp3) is 0.360. The Morgan fingerprint density at radius 2 is 1.88 bits per heavy atom. The first-order chi connectivity index (χ1) is 16.3. The summed E-state index contributed by atoms with van der Waals surface area (Å²) in [5.41, 5.74) is 3.14. The van der Waals surface area contributed by atoms with Crippen molar-refractivity contribution in [1.29, 1.82) is 0 Å². The van der Waals surface area contributed by atoms with Crippen molar-refractivity contribution in [3.63, 3.8) is 0 Å². The summed E-state index contributed by atoms with van der Waals surface area (Å²) in [6.45, 7) is 1.92. The van der Waals surface area contributed by atoms with Gasteiger partial charge in [0.1, 0.15) is 11.4 Å². The van der Waals surface area contributed by atoms with Crippen LogP contribution >= 0.6 is 0 Å².